The SMILES string of the molecule is COCCCNC(=O)c1cc(NC(=O)Nc2cccc(Br)c2)ccc1N1CCN(c2ccccc2OC)CC1. The van der Waals surface area contributed by atoms with Crippen molar-refractivity contribution in [3.8, 4) is 5.75 Å². The van der Waals surface area contributed by atoms with E-state index in [1.165, 1.54) is 0 Å². The van der Waals surface area contributed by atoms with Gasteiger partial charge in [0.15, 0.2) is 0 Å². The zero-order valence-electron chi connectivity index (χ0n) is 22.2. The second-order valence-electron chi connectivity index (χ2n) is 9.07. The number of anilines is 4. The molecule has 0 aromatic heterocycles. The standard InChI is InChI=1S/C29H34BrN5O4/c1-38-18-6-13-31-28(36)24-20-23(33-29(37)32-22-8-5-7-21(30)19-22)11-12-25(24)34-14-16-35(17-15-34)26-9-3-4-10-27(26)39-2/h3-5,7-12,19-20H,6,13-18H2,1-2H3,(H,31,36)(H2,32,33,37). The molecular weight excluding hydrogens is 562 g/mol. The summed E-state index contributed by atoms with van der Waals surface area (Å²) in [6.45, 7) is 4.09. The number of benzene rings is 3. The van der Waals surface area contributed by atoms with Crippen molar-refractivity contribution in [3.63, 3.8) is 0 Å². The Morgan fingerprint density at radius 1 is 0.846 bits per heavy atom. The van der Waals surface area contributed by atoms with Crippen LogP contribution in [0, 0.1) is 0 Å². The normalized spacial score (nSPS) is 13.1. The number of ether oxygens (including phenoxy) is 2. The Labute approximate surface area is 237 Å². The van der Waals surface area contributed by atoms with Gasteiger partial charge in [-0.25, -0.2) is 4.79 Å². The molecule has 0 spiro atoms. The van der Waals surface area contributed by atoms with Crippen LogP contribution in [0.25, 0.3) is 0 Å². The number of amides is 3. The molecule has 206 valence electrons. The van der Waals surface area contributed by atoms with E-state index in [4.69, 9.17) is 9.47 Å². The third-order valence-electron chi connectivity index (χ3n) is 6.44. The van der Waals surface area contributed by atoms with Gasteiger partial charge < -0.3 is 35.2 Å². The summed E-state index contributed by atoms with van der Waals surface area (Å²) in [5.41, 5.74) is 3.59. The molecule has 0 aliphatic carbocycles. The van der Waals surface area contributed by atoms with Gasteiger partial charge in [0.25, 0.3) is 5.91 Å². The van der Waals surface area contributed by atoms with Gasteiger partial charge in [0.05, 0.1) is 18.4 Å². The molecule has 1 saturated heterocycles. The first-order valence-corrected chi connectivity index (χ1v) is 13.7. The third-order valence-corrected chi connectivity index (χ3v) is 6.93. The van der Waals surface area contributed by atoms with Crippen molar-refractivity contribution in [1.82, 2.24) is 5.32 Å². The number of carbonyl (C=O) groups excluding carboxylic acids is 2. The number of hydrogen-bond donors (Lipinski definition) is 3. The fourth-order valence-corrected chi connectivity index (χ4v) is 4.92. The Hall–Kier alpha value is -3.76. The molecule has 10 heteroatoms. The number of methoxy groups -OCH3 is 2. The molecule has 3 aromatic rings. The minimum atomic E-state index is -0.391. The van der Waals surface area contributed by atoms with Crippen molar-refractivity contribution in [3.05, 3.63) is 76.8 Å². The predicted molar refractivity (Wildman–Crippen MR) is 159 cm³/mol. The van der Waals surface area contributed by atoms with Gasteiger partial charge in [-0.05, 0) is 55.0 Å². The highest BCUT2D eigenvalue weighted by atomic mass is 79.9. The number of hydrogen-bond acceptors (Lipinski definition) is 6. The number of halogens is 1. The van der Waals surface area contributed by atoms with Gasteiger partial charge in [-0.3, -0.25) is 4.79 Å². The second-order valence-corrected chi connectivity index (χ2v) is 9.99. The van der Waals surface area contributed by atoms with Crippen molar-refractivity contribution in [2.75, 3.05) is 74.0 Å². The van der Waals surface area contributed by atoms with Crippen LogP contribution >= 0.6 is 15.9 Å². The van der Waals surface area contributed by atoms with Crippen LogP contribution in [0.15, 0.2) is 71.2 Å². The molecule has 39 heavy (non-hydrogen) atoms. The van der Waals surface area contributed by atoms with Crippen LogP contribution in [-0.4, -0.2) is 65.5 Å². The summed E-state index contributed by atoms with van der Waals surface area (Å²) in [6.07, 6.45) is 0.710. The summed E-state index contributed by atoms with van der Waals surface area (Å²) in [6, 6.07) is 20.4. The number of carbonyl (C=O) groups is 2. The molecule has 0 bridgehead atoms. The Morgan fingerprint density at radius 2 is 1.54 bits per heavy atom. The van der Waals surface area contributed by atoms with E-state index in [2.05, 4.69) is 47.7 Å². The maximum atomic E-state index is 13.3. The molecule has 3 N–H and O–H groups in total. The van der Waals surface area contributed by atoms with Crippen molar-refractivity contribution >= 4 is 50.6 Å². The molecule has 9 nitrogen and oxygen atoms in total. The number of nitrogens with zero attached hydrogens (tertiary/aromatic N) is 2. The average Bonchev–Trinajstić information content (AvgIpc) is 2.95. The average molecular weight is 597 g/mol. The minimum absolute atomic E-state index is 0.190. The molecule has 0 radical (unpaired) electrons. The monoisotopic (exact) mass is 595 g/mol. The molecule has 1 aliphatic rings. The van der Waals surface area contributed by atoms with Crippen LogP contribution in [-0.2, 0) is 4.74 Å². The van der Waals surface area contributed by atoms with Crippen LogP contribution in [0.4, 0.5) is 27.5 Å². The van der Waals surface area contributed by atoms with Gasteiger partial charge in [0.2, 0.25) is 0 Å². The Bertz CT molecular complexity index is 1280. The highest BCUT2D eigenvalue weighted by Gasteiger charge is 2.24. The first-order chi connectivity index (χ1) is 19.0. The number of urea groups is 1. The van der Waals surface area contributed by atoms with E-state index in [1.807, 2.05) is 48.5 Å². The lowest BCUT2D eigenvalue weighted by atomic mass is 10.1. The molecular formula is C29H34BrN5O4. The van der Waals surface area contributed by atoms with E-state index < -0.39 is 6.03 Å². The van der Waals surface area contributed by atoms with Gasteiger partial charge in [-0.1, -0.05) is 34.1 Å². The van der Waals surface area contributed by atoms with Crippen molar-refractivity contribution < 1.29 is 19.1 Å². The maximum Gasteiger partial charge on any atom is 0.323 e. The smallest absolute Gasteiger partial charge is 0.323 e. The molecule has 1 fully saturated rings. The number of nitrogens with one attached hydrogen (secondary N) is 3. The van der Waals surface area contributed by atoms with Crippen molar-refractivity contribution in [2.45, 2.75) is 6.42 Å². The maximum absolute atomic E-state index is 13.3. The highest BCUT2D eigenvalue weighted by Crippen LogP contribution is 2.31. The summed E-state index contributed by atoms with van der Waals surface area (Å²) in [4.78, 5) is 30.4. The number of para-hydroxylation sites is 2. The first kappa shape index (κ1) is 28.3. The quantitative estimate of drug-likeness (QED) is 0.279. The summed E-state index contributed by atoms with van der Waals surface area (Å²) in [5, 5.41) is 8.65. The molecule has 0 saturated carbocycles. The van der Waals surface area contributed by atoms with Gasteiger partial charge in [0.1, 0.15) is 5.75 Å². The summed E-state index contributed by atoms with van der Waals surface area (Å²) in [7, 11) is 3.32. The van der Waals surface area contributed by atoms with E-state index in [0.29, 0.717) is 36.5 Å². The van der Waals surface area contributed by atoms with Gasteiger partial charge in [-0.15, -0.1) is 0 Å². The number of rotatable bonds is 10. The van der Waals surface area contributed by atoms with E-state index in [-0.39, 0.29) is 5.91 Å². The minimum Gasteiger partial charge on any atom is -0.495 e. The number of piperazine rings is 1. The zero-order chi connectivity index (χ0) is 27.6. The molecule has 4 rings (SSSR count). The fourth-order valence-electron chi connectivity index (χ4n) is 4.52. The lowest BCUT2D eigenvalue weighted by Gasteiger charge is -2.38. The first-order valence-electron chi connectivity index (χ1n) is 12.9. The summed E-state index contributed by atoms with van der Waals surface area (Å²) < 4.78 is 11.5. The van der Waals surface area contributed by atoms with Crippen molar-refractivity contribution in [1.29, 1.82) is 0 Å². The Morgan fingerprint density at radius 3 is 2.23 bits per heavy atom. The van der Waals surface area contributed by atoms with Crippen LogP contribution < -0.4 is 30.5 Å². The van der Waals surface area contributed by atoms with Crippen LogP contribution in [0.2, 0.25) is 0 Å². The fraction of sp³-hybridized carbons (Fsp3) is 0.310. The molecule has 0 unspecified atom stereocenters. The van der Waals surface area contributed by atoms with Gasteiger partial charge >= 0.3 is 6.03 Å². The van der Waals surface area contributed by atoms with E-state index in [1.54, 1.807) is 26.4 Å². The largest absolute Gasteiger partial charge is 0.495 e. The molecule has 1 heterocycles. The van der Waals surface area contributed by atoms with Crippen LogP contribution in [0.5, 0.6) is 5.75 Å². The van der Waals surface area contributed by atoms with Crippen LogP contribution in [0.3, 0.4) is 0 Å². The lowest BCUT2D eigenvalue weighted by molar-refractivity contribution is 0.0949. The van der Waals surface area contributed by atoms with Gasteiger partial charge in [0, 0.05) is 68.0 Å². The lowest BCUT2D eigenvalue weighted by Crippen LogP contribution is -2.47. The third kappa shape index (κ3) is 7.64. The van der Waals surface area contributed by atoms with E-state index in [9.17, 15) is 9.59 Å². The van der Waals surface area contributed by atoms with Gasteiger partial charge in [-0.2, -0.15) is 0 Å². The van der Waals surface area contributed by atoms with E-state index in [0.717, 1.165) is 47.8 Å². The summed E-state index contributed by atoms with van der Waals surface area (Å²) >= 11 is 3.41. The zero-order valence-corrected chi connectivity index (χ0v) is 23.8. The topological polar surface area (TPSA) is 95.2 Å². The molecule has 3 amide bonds. The predicted octanol–water partition coefficient (Wildman–Crippen LogP) is 5.19. The Balaban J connectivity index is 1.49. The van der Waals surface area contributed by atoms with E-state index >= 15 is 0 Å². The molecule has 3 aromatic carbocycles. The highest BCUT2D eigenvalue weighted by molar-refractivity contribution is 9.10. The molecule has 1 aliphatic heterocycles. The Kier molecular flexibility index (Phi) is 10.0. The van der Waals surface area contributed by atoms with Crippen molar-refractivity contribution in [2.24, 2.45) is 0 Å². The second kappa shape index (κ2) is 13.9. The molecule has 0 atom stereocenters. The summed E-state index contributed by atoms with van der Waals surface area (Å²) in [5.74, 6) is 0.656. The van der Waals surface area contributed by atoms with Crippen LogP contribution in [0.1, 0.15) is 16.8 Å².